The molecule has 0 aliphatic carbocycles. The van der Waals surface area contributed by atoms with Gasteiger partial charge in [-0.05, 0) is 38.1 Å². The lowest BCUT2D eigenvalue weighted by Crippen LogP contribution is -2.26. The number of anilines is 1. The number of benzene rings is 1. The summed E-state index contributed by atoms with van der Waals surface area (Å²) in [5.41, 5.74) is 3.11. The summed E-state index contributed by atoms with van der Waals surface area (Å²) in [4.78, 5) is 13.3. The first-order chi connectivity index (χ1) is 11.1. The van der Waals surface area contributed by atoms with E-state index in [0.29, 0.717) is 12.3 Å². The molecule has 7 nitrogen and oxygen atoms in total. The van der Waals surface area contributed by atoms with Crippen LogP contribution in [0, 0.1) is 6.92 Å². The summed E-state index contributed by atoms with van der Waals surface area (Å²) in [5, 5.41) is 12.6. The molecule has 1 aromatic carbocycles. The van der Waals surface area contributed by atoms with E-state index in [9.17, 15) is 4.79 Å². The van der Waals surface area contributed by atoms with Crippen LogP contribution in [-0.2, 0) is 4.74 Å². The highest BCUT2D eigenvalue weighted by Crippen LogP contribution is 2.23. The van der Waals surface area contributed by atoms with E-state index in [2.05, 4.69) is 15.3 Å². The van der Waals surface area contributed by atoms with Crippen LogP contribution in [0.2, 0.25) is 0 Å². The number of carbonyl (C=O) groups is 1. The van der Waals surface area contributed by atoms with E-state index in [4.69, 9.17) is 4.74 Å². The van der Waals surface area contributed by atoms with Crippen molar-refractivity contribution >= 4 is 17.4 Å². The fourth-order valence-corrected chi connectivity index (χ4v) is 2.25. The van der Waals surface area contributed by atoms with E-state index < -0.39 is 0 Å². The van der Waals surface area contributed by atoms with Crippen molar-refractivity contribution in [2.45, 2.75) is 13.8 Å². The summed E-state index contributed by atoms with van der Waals surface area (Å²) in [7, 11) is 1.68. The molecule has 23 heavy (non-hydrogen) atoms. The van der Waals surface area contributed by atoms with Gasteiger partial charge in [0.25, 0.3) is 0 Å². The van der Waals surface area contributed by atoms with E-state index in [1.807, 2.05) is 43.3 Å². The van der Waals surface area contributed by atoms with Gasteiger partial charge in [0, 0.05) is 18.3 Å². The fraction of sp³-hybridized carbons (Fsp3) is 0.250. The molecule has 0 aliphatic rings. The second kappa shape index (κ2) is 6.04. The molecule has 0 aliphatic heterocycles. The number of ether oxygens (including phenoxy) is 1. The first-order valence-corrected chi connectivity index (χ1v) is 7.30. The van der Waals surface area contributed by atoms with Crippen molar-refractivity contribution in [2.24, 2.45) is 0 Å². The Labute approximate surface area is 133 Å². The number of nitrogens with zero attached hydrogens (tertiary/aromatic N) is 5. The predicted molar refractivity (Wildman–Crippen MR) is 86.4 cm³/mol. The number of aromatic nitrogens is 4. The molecule has 2 heterocycles. The van der Waals surface area contributed by atoms with Gasteiger partial charge in [0.05, 0.1) is 12.3 Å². The molecule has 0 saturated heterocycles. The molecule has 0 unspecified atom stereocenters. The summed E-state index contributed by atoms with van der Waals surface area (Å²) >= 11 is 0. The van der Waals surface area contributed by atoms with Crippen LogP contribution in [0.5, 0.6) is 0 Å². The van der Waals surface area contributed by atoms with Crippen molar-refractivity contribution in [1.82, 2.24) is 19.8 Å². The van der Waals surface area contributed by atoms with Crippen molar-refractivity contribution in [3.63, 3.8) is 0 Å². The molecule has 2 aromatic heterocycles. The second-order valence-corrected chi connectivity index (χ2v) is 5.04. The number of rotatable bonds is 3. The van der Waals surface area contributed by atoms with Gasteiger partial charge < -0.3 is 4.74 Å². The first kappa shape index (κ1) is 15.0. The molecule has 1 amide bonds. The van der Waals surface area contributed by atoms with Crippen LogP contribution in [-0.4, -0.2) is 39.6 Å². The van der Waals surface area contributed by atoms with Crippen LogP contribution in [0.1, 0.15) is 12.7 Å². The van der Waals surface area contributed by atoms with Gasteiger partial charge in [-0.15, -0.1) is 10.2 Å². The van der Waals surface area contributed by atoms with Crippen molar-refractivity contribution in [3.8, 4) is 11.3 Å². The number of fused-ring (bicyclic) bond motifs is 1. The summed E-state index contributed by atoms with van der Waals surface area (Å²) in [6, 6.07) is 11.3. The minimum atomic E-state index is -0.386. The molecule has 118 valence electrons. The Morgan fingerprint density at radius 2 is 2.09 bits per heavy atom. The molecule has 0 spiro atoms. The van der Waals surface area contributed by atoms with Gasteiger partial charge in [0.2, 0.25) is 0 Å². The van der Waals surface area contributed by atoms with Crippen molar-refractivity contribution in [1.29, 1.82) is 0 Å². The third-order valence-electron chi connectivity index (χ3n) is 3.49. The Balaban J connectivity index is 1.97. The van der Waals surface area contributed by atoms with Crippen LogP contribution in [0.25, 0.3) is 16.9 Å². The van der Waals surface area contributed by atoms with Gasteiger partial charge in [-0.3, -0.25) is 4.90 Å². The molecular formula is C16H17N5O2. The van der Waals surface area contributed by atoms with Gasteiger partial charge in [-0.2, -0.15) is 9.61 Å². The first-order valence-electron chi connectivity index (χ1n) is 7.30. The zero-order valence-corrected chi connectivity index (χ0v) is 13.2. The quantitative estimate of drug-likeness (QED) is 0.743. The highest BCUT2D eigenvalue weighted by Gasteiger charge is 2.13. The minimum Gasteiger partial charge on any atom is -0.449 e. The lowest BCUT2D eigenvalue weighted by Gasteiger charge is -2.17. The molecule has 0 N–H and O–H groups in total. The highest BCUT2D eigenvalue weighted by molar-refractivity contribution is 5.88. The summed E-state index contributed by atoms with van der Waals surface area (Å²) in [6.07, 6.45) is -0.386. The van der Waals surface area contributed by atoms with Gasteiger partial charge in [0.15, 0.2) is 11.5 Å². The largest absolute Gasteiger partial charge is 0.449 e. The standard InChI is InChI=1S/C16H17N5O2/c1-4-23-16(22)20(3)13-7-5-6-12(10-13)14-8-9-15-18-17-11(2)21(15)19-14/h5-10H,4H2,1-3H3. The van der Waals surface area contributed by atoms with Crippen LogP contribution < -0.4 is 4.90 Å². The summed E-state index contributed by atoms with van der Waals surface area (Å²) in [6.45, 7) is 3.97. The molecule has 7 heteroatoms. The fourth-order valence-electron chi connectivity index (χ4n) is 2.25. The van der Waals surface area contributed by atoms with E-state index in [1.54, 1.807) is 18.5 Å². The van der Waals surface area contributed by atoms with Crippen LogP contribution in [0.3, 0.4) is 0 Å². The average Bonchev–Trinajstić information content (AvgIpc) is 2.95. The van der Waals surface area contributed by atoms with Gasteiger partial charge >= 0.3 is 6.09 Å². The lowest BCUT2D eigenvalue weighted by atomic mass is 10.1. The zero-order valence-electron chi connectivity index (χ0n) is 13.2. The average molecular weight is 311 g/mol. The second-order valence-electron chi connectivity index (χ2n) is 5.04. The molecule has 0 saturated carbocycles. The Bertz CT molecular complexity index is 859. The van der Waals surface area contributed by atoms with E-state index in [1.165, 1.54) is 4.90 Å². The molecule has 3 aromatic rings. The Morgan fingerprint density at radius 3 is 2.87 bits per heavy atom. The van der Waals surface area contributed by atoms with Crippen LogP contribution >= 0.6 is 0 Å². The number of hydrogen-bond donors (Lipinski definition) is 0. The summed E-state index contributed by atoms with van der Waals surface area (Å²) in [5.74, 6) is 0.724. The van der Waals surface area contributed by atoms with E-state index in [-0.39, 0.29) is 6.09 Å². The molecular weight excluding hydrogens is 294 g/mol. The highest BCUT2D eigenvalue weighted by atomic mass is 16.6. The van der Waals surface area contributed by atoms with Crippen molar-refractivity contribution in [2.75, 3.05) is 18.6 Å². The van der Waals surface area contributed by atoms with Crippen molar-refractivity contribution in [3.05, 3.63) is 42.2 Å². The van der Waals surface area contributed by atoms with Gasteiger partial charge in [-0.25, -0.2) is 4.79 Å². The molecule has 0 atom stereocenters. The van der Waals surface area contributed by atoms with Gasteiger partial charge in [-0.1, -0.05) is 12.1 Å². The van der Waals surface area contributed by atoms with Gasteiger partial charge in [0.1, 0.15) is 0 Å². The number of hydrogen-bond acceptors (Lipinski definition) is 5. The van der Waals surface area contributed by atoms with Crippen LogP contribution in [0.4, 0.5) is 10.5 Å². The predicted octanol–water partition coefficient (Wildman–Crippen LogP) is 2.69. The molecule has 0 fully saturated rings. The third-order valence-corrected chi connectivity index (χ3v) is 3.49. The Morgan fingerprint density at radius 1 is 1.26 bits per heavy atom. The smallest absolute Gasteiger partial charge is 0.413 e. The monoisotopic (exact) mass is 311 g/mol. The Hall–Kier alpha value is -2.96. The normalized spacial score (nSPS) is 10.7. The number of aryl methyl sites for hydroxylation is 1. The number of amides is 1. The maximum absolute atomic E-state index is 11.8. The summed E-state index contributed by atoms with van der Waals surface area (Å²) < 4.78 is 6.71. The molecule has 0 radical (unpaired) electrons. The molecule has 0 bridgehead atoms. The van der Waals surface area contributed by atoms with E-state index >= 15 is 0 Å². The SMILES string of the molecule is CCOC(=O)N(C)c1cccc(-c2ccc3nnc(C)n3n2)c1. The third kappa shape index (κ3) is 2.85. The topological polar surface area (TPSA) is 72.6 Å². The van der Waals surface area contributed by atoms with E-state index in [0.717, 1.165) is 22.8 Å². The number of carbonyl (C=O) groups excluding carboxylic acids is 1. The zero-order chi connectivity index (χ0) is 16.4. The maximum atomic E-state index is 11.8. The molecule has 3 rings (SSSR count). The maximum Gasteiger partial charge on any atom is 0.413 e. The van der Waals surface area contributed by atoms with Crippen LogP contribution in [0.15, 0.2) is 36.4 Å². The lowest BCUT2D eigenvalue weighted by molar-refractivity contribution is 0.161. The minimum absolute atomic E-state index is 0.341. The van der Waals surface area contributed by atoms with Crippen molar-refractivity contribution < 1.29 is 9.53 Å². The Kier molecular flexibility index (Phi) is 3.92.